The Kier molecular flexibility index (Phi) is 5.57. The van der Waals surface area contributed by atoms with Gasteiger partial charge < -0.3 is 5.32 Å². The summed E-state index contributed by atoms with van der Waals surface area (Å²) in [5, 5.41) is 6.32. The fourth-order valence-corrected chi connectivity index (χ4v) is 3.93. The number of thioether (sulfide) groups is 1. The maximum Gasteiger partial charge on any atom is 0.263 e. The molecule has 0 aliphatic carbocycles. The van der Waals surface area contributed by atoms with E-state index >= 15 is 0 Å². The van der Waals surface area contributed by atoms with Crippen molar-refractivity contribution in [3.63, 3.8) is 0 Å². The Labute approximate surface area is 157 Å². The molecule has 0 saturated heterocycles. The van der Waals surface area contributed by atoms with Gasteiger partial charge in [-0.2, -0.15) is 0 Å². The van der Waals surface area contributed by atoms with Crippen LogP contribution >= 0.6 is 34.7 Å². The summed E-state index contributed by atoms with van der Waals surface area (Å²) in [6.07, 6.45) is 1.64. The molecule has 8 heteroatoms. The summed E-state index contributed by atoms with van der Waals surface area (Å²) in [7, 11) is 0. The molecule has 1 aromatic carbocycles. The Morgan fingerprint density at radius 3 is 2.84 bits per heavy atom. The number of nitrogens with one attached hydrogen (secondary N) is 1. The molecule has 0 fully saturated rings. The Morgan fingerprint density at radius 2 is 2.12 bits per heavy atom. The average Bonchev–Trinajstić information content (AvgIpc) is 3.07. The maximum absolute atomic E-state index is 12.5. The van der Waals surface area contributed by atoms with E-state index in [0.29, 0.717) is 32.6 Å². The second-order valence-electron chi connectivity index (χ2n) is 5.08. The molecule has 2 aromatic heterocycles. The standard InChI is InChI=1S/C17H14ClN3O2S2/c1-2-8-21-16(23)13-7-9-24-15(13)20-17(21)25-10-14(22)19-12-5-3-11(18)4-6-12/h2-7,9H,1,8,10H2,(H,19,22). The van der Waals surface area contributed by atoms with Crippen molar-refractivity contribution in [3.8, 4) is 0 Å². The molecule has 3 aromatic rings. The Hall–Kier alpha value is -2.09. The van der Waals surface area contributed by atoms with Crippen molar-refractivity contribution in [1.82, 2.24) is 9.55 Å². The van der Waals surface area contributed by atoms with Crippen LogP contribution in [0.3, 0.4) is 0 Å². The molecule has 5 nitrogen and oxygen atoms in total. The lowest BCUT2D eigenvalue weighted by Crippen LogP contribution is -2.23. The molecule has 25 heavy (non-hydrogen) atoms. The molecule has 128 valence electrons. The minimum atomic E-state index is -0.182. The third kappa shape index (κ3) is 4.12. The van der Waals surface area contributed by atoms with Crippen molar-refractivity contribution in [2.75, 3.05) is 11.1 Å². The lowest BCUT2D eigenvalue weighted by molar-refractivity contribution is -0.113. The first-order valence-corrected chi connectivity index (χ1v) is 9.60. The van der Waals surface area contributed by atoms with E-state index in [1.807, 2.05) is 5.38 Å². The van der Waals surface area contributed by atoms with E-state index in [-0.39, 0.29) is 17.2 Å². The predicted octanol–water partition coefficient (Wildman–Crippen LogP) is 4.03. The van der Waals surface area contributed by atoms with Gasteiger partial charge in [-0.1, -0.05) is 29.4 Å². The summed E-state index contributed by atoms with van der Waals surface area (Å²) in [5.41, 5.74) is 0.548. The second-order valence-corrected chi connectivity index (χ2v) is 7.36. The fourth-order valence-electron chi connectivity index (χ4n) is 2.19. The van der Waals surface area contributed by atoms with Gasteiger partial charge in [0, 0.05) is 17.3 Å². The fraction of sp³-hybridized carbons (Fsp3) is 0.118. The number of carbonyl (C=O) groups is 1. The van der Waals surface area contributed by atoms with Crippen molar-refractivity contribution in [1.29, 1.82) is 0 Å². The highest BCUT2D eigenvalue weighted by atomic mass is 35.5. The summed E-state index contributed by atoms with van der Waals surface area (Å²) >= 11 is 8.45. The van der Waals surface area contributed by atoms with Crippen LogP contribution in [-0.4, -0.2) is 21.2 Å². The van der Waals surface area contributed by atoms with Crippen molar-refractivity contribution >= 4 is 56.5 Å². The van der Waals surface area contributed by atoms with E-state index in [9.17, 15) is 9.59 Å². The minimum absolute atomic E-state index is 0.119. The number of thiophene rings is 1. The molecule has 0 radical (unpaired) electrons. The molecule has 1 amide bonds. The first kappa shape index (κ1) is 17.7. The molecule has 2 heterocycles. The van der Waals surface area contributed by atoms with E-state index in [4.69, 9.17) is 11.6 Å². The van der Waals surface area contributed by atoms with Crippen molar-refractivity contribution in [2.24, 2.45) is 0 Å². The van der Waals surface area contributed by atoms with Crippen LogP contribution in [0.15, 0.2) is 58.3 Å². The molecule has 0 bridgehead atoms. The van der Waals surface area contributed by atoms with Crippen LogP contribution in [0.4, 0.5) is 5.69 Å². The monoisotopic (exact) mass is 391 g/mol. The predicted molar refractivity (Wildman–Crippen MR) is 105 cm³/mol. The van der Waals surface area contributed by atoms with E-state index in [1.54, 1.807) is 36.4 Å². The molecular formula is C17H14ClN3O2S2. The average molecular weight is 392 g/mol. The van der Waals surface area contributed by atoms with Crippen LogP contribution in [0.1, 0.15) is 0 Å². The Balaban J connectivity index is 1.76. The number of halogens is 1. The number of carbonyl (C=O) groups excluding carboxylic acids is 1. The first-order valence-electron chi connectivity index (χ1n) is 7.35. The molecule has 0 saturated carbocycles. The van der Waals surface area contributed by atoms with Crippen LogP contribution in [0.5, 0.6) is 0 Å². The smallest absolute Gasteiger partial charge is 0.263 e. The van der Waals surface area contributed by atoms with E-state index in [0.717, 1.165) is 0 Å². The van der Waals surface area contributed by atoms with Crippen molar-refractivity contribution < 1.29 is 4.79 Å². The van der Waals surface area contributed by atoms with Gasteiger partial charge in [0.1, 0.15) is 4.83 Å². The summed E-state index contributed by atoms with van der Waals surface area (Å²) < 4.78 is 1.53. The van der Waals surface area contributed by atoms with Crippen LogP contribution in [0.2, 0.25) is 5.02 Å². The normalized spacial score (nSPS) is 10.8. The molecule has 0 atom stereocenters. The number of fused-ring (bicyclic) bond motifs is 1. The number of nitrogens with zero attached hydrogens (tertiary/aromatic N) is 2. The van der Waals surface area contributed by atoms with Gasteiger partial charge in [-0.3, -0.25) is 14.2 Å². The number of rotatable bonds is 6. The lowest BCUT2D eigenvalue weighted by atomic mass is 10.3. The zero-order valence-electron chi connectivity index (χ0n) is 13.1. The van der Waals surface area contributed by atoms with Gasteiger partial charge in [-0.15, -0.1) is 17.9 Å². The van der Waals surface area contributed by atoms with E-state index in [1.165, 1.54) is 27.7 Å². The number of aromatic nitrogens is 2. The third-order valence-corrected chi connectivity index (χ3v) is 5.36. The van der Waals surface area contributed by atoms with Gasteiger partial charge in [0.15, 0.2) is 5.16 Å². The zero-order chi connectivity index (χ0) is 17.8. The molecular weight excluding hydrogens is 378 g/mol. The number of benzene rings is 1. The third-order valence-electron chi connectivity index (χ3n) is 3.32. The van der Waals surface area contributed by atoms with Gasteiger partial charge in [0.05, 0.1) is 11.1 Å². The topological polar surface area (TPSA) is 64.0 Å². The lowest BCUT2D eigenvalue weighted by Gasteiger charge is -2.10. The number of hydrogen-bond donors (Lipinski definition) is 1. The minimum Gasteiger partial charge on any atom is -0.325 e. The quantitative estimate of drug-likeness (QED) is 0.391. The first-order chi connectivity index (χ1) is 12.1. The highest BCUT2D eigenvalue weighted by molar-refractivity contribution is 7.99. The van der Waals surface area contributed by atoms with Crippen LogP contribution in [0.25, 0.3) is 10.2 Å². The SMILES string of the molecule is C=CCn1c(SCC(=O)Nc2ccc(Cl)cc2)nc2sccc2c1=O. The van der Waals surface area contributed by atoms with Crippen LogP contribution in [-0.2, 0) is 11.3 Å². The Morgan fingerprint density at radius 1 is 1.36 bits per heavy atom. The van der Waals surface area contributed by atoms with Crippen LogP contribution in [0, 0.1) is 0 Å². The highest BCUT2D eigenvalue weighted by Gasteiger charge is 2.13. The highest BCUT2D eigenvalue weighted by Crippen LogP contribution is 2.21. The number of anilines is 1. The molecule has 1 N–H and O–H groups in total. The molecule has 0 spiro atoms. The summed E-state index contributed by atoms with van der Waals surface area (Å²) in [6, 6.07) is 8.64. The molecule has 0 aliphatic rings. The summed E-state index contributed by atoms with van der Waals surface area (Å²) in [5.74, 6) is -0.0405. The molecule has 3 rings (SSSR count). The number of amides is 1. The number of hydrogen-bond acceptors (Lipinski definition) is 5. The maximum atomic E-state index is 12.5. The zero-order valence-corrected chi connectivity index (χ0v) is 15.5. The molecule has 0 unspecified atom stereocenters. The van der Waals surface area contributed by atoms with Crippen LogP contribution < -0.4 is 10.9 Å². The Bertz CT molecular complexity index is 980. The van der Waals surface area contributed by atoms with E-state index < -0.39 is 0 Å². The van der Waals surface area contributed by atoms with Gasteiger partial charge in [0.2, 0.25) is 5.91 Å². The van der Waals surface area contributed by atoms with Gasteiger partial charge in [0.25, 0.3) is 5.56 Å². The summed E-state index contributed by atoms with van der Waals surface area (Å²) in [6.45, 7) is 4.03. The van der Waals surface area contributed by atoms with E-state index in [2.05, 4.69) is 16.9 Å². The van der Waals surface area contributed by atoms with Crippen molar-refractivity contribution in [2.45, 2.75) is 11.7 Å². The summed E-state index contributed by atoms with van der Waals surface area (Å²) in [4.78, 5) is 29.8. The largest absolute Gasteiger partial charge is 0.325 e. The van der Waals surface area contributed by atoms with Gasteiger partial charge in [-0.25, -0.2) is 4.98 Å². The van der Waals surface area contributed by atoms with Gasteiger partial charge >= 0.3 is 0 Å². The van der Waals surface area contributed by atoms with Crippen molar-refractivity contribution in [3.05, 3.63) is 63.7 Å². The molecule has 0 aliphatic heterocycles. The van der Waals surface area contributed by atoms with Gasteiger partial charge in [-0.05, 0) is 35.7 Å². The second kappa shape index (κ2) is 7.86. The number of allylic oxidation sites excluding steroid dienone is 1.